The van der Waals surface area contributed by atoms with Gasteiger partial charge in [0.1, 0.15) is 0 Å². The second kappa shape index (κ2) is 7.99. The Kier molecular flexibility index (Phi) is 6.24. The van der Waals surface area contributed by atoms with Crippen LogP contribution in [0.25, 0.3) is 0 Å². The van der Waals surface area contributed by atoms with Crippen molar-refractivity contribution in [2.24, 2.45) is 23.5 Å². The summed E-state index contributed by atoms with van der Waals surface area (Å²) in [6, 6.07) is 7.31. The molecule has 0 spiro atoms. The number of hydrogen-bond acceptors (Lipinski definition) is 4. The minimum atomic E-state index is -0.338. The number of ether oxygens (including phenoxy) is 1. The largest absolute Gasteiger partial charge is 0.465 e. The smallest absolute Gasteiger partial charge is 0.337 e. The number of methoxy groups -OCH3 is 1. The van der Waals surface area contributed by atoms with Crippen molar-refractivity contribution in [2.75, 3.05) is 13.7 Å². The number of fused-ring (bicyclic) bond motifs is 2. The van der Waals surface area contributed by atoms with Gasteiger partial charge in [-0.3, -0.25) is 4.79 Å². The highest BCUT2D eigenvalue weighted by Gasteiger charge is 2.48. The number of esters is 1. The minimum absolute atomic E-state index is 0. The Morgan fingerprint density at radius 2 is 1.88 bits per heavy atom. The molecule has 0 heterocycles. The zero-order chi connectivity index (χ0) is 16.4. The van der Waals surface area contributed by atoms with E-state index in [1.807, 2.05) is 12.1 Å². The van der Waals surface area contributed by atoms with Gasteiger partial charge in [-0.05, 0) is 55.2 Å². The van der Waals surface area contributed by atoms with Crippen molar-refractivity contribution in [3.63, 3.8) is 0 Å². The first-order chi connectivity index (χ1) is 11.1. The van der Waals surface area contributed by atoms with E-state index in [4.69, 9.17) is 5.73 Å². The number of carbonyl (C=O) groups excluding carboxylic acids is 2. The van der Waals surface area contributed by atoms with E-state index in [1.54, 1.807) is 12.1 Å². The fourth-order valence-electron chi connectivity index (χ4n) is 4.10. The molecule has 2 saturated carbocycles. The first-order valence-electron chi connectivity index (χ1n) is 8.30. The molecule has 3 rings (SSSR count). The molecule has 6 heteroatoms. The maximum absolute atomic E-state index is 12.4. The first-order valence-corrected chi connectivity index (χ1v) is 8.30. The molecule has 4 atom stereocenters. The Hall–Kier alpha value is -1.59. The molecule has 2 aliphatic carbocycles. The second-order valence-corrected chi connectivity index (χ2v) is 6.67. The van der Waals surface area contributed by atoms with E-state index < -0.39 is 0 Å². The number of halogens is 1. The van der Waals surface area contributed by atoms with Crippen molar-refractivity contribution in [3.8, 4) is 0 Å². The fraction of sp³-hybridized carbons (Fsp3) is 0.556. The zero-order valence-corrected chi connectivity index (χ0v) is 14.7. The lowest BCUT2D eigenvalue weighted by Crippen LogP contribution is -2.45. The summed E-state index contributed by atoms with van der Waals surface area (Å²) >= 11 is 0. The van der Waals surface area contributed by atoms with Gasteiger partial charge in [-0.1, -0.05) is 12.1 Å². The molecule has 24 heavy (non-hydrogen) atoms. The van der Waals surface area contributed by atoms with Gasteiger partial charge >= 0.3 is 5.97 Å². The molecule has 0 aliphatic heterocycles. The Labute approximate surface area is 148 Å². The highest BCUT2D eigenvalue weighted by molar-refractivity contribution is 5.89. The van der Waals surface area contributed by atoms with Crippen LogP contribution in [-0.2, 0) is 16.0 Å². The van der Waals surface area contributed by atoms with E-state index in [0.29, 0.717) is 23.9 Å². The van der Waals surface area contributed by atoms with Gasteiger partial charge in [-0.15, -0.1) is 12.4 Å². The van der Waals surface area contributed by atoms with Gasteiger partial charge in [-0.2, -0.15) is 0 Å². The molecule has 4 unspecified atom stereocenters. The van der Waals surface area contributed by atoms with Crippen LogP contribution in [0.3, 0.4) is 0 Å². The van der Waals surface area contributed by atoms with E-state index in [1.165, 1.54) is 13.5 Å². The third-order valence-corrected chi connectivity index (χ3v) is 5.37. The summed E-state index contributed by atoms with van der Waals surface area (Å²) < 4.78 is 4.67. The van der Waals surface area contributed by atoms with E-state index in [-0.39, 0.29) is 36.2 Å². The molecule has 5 nitrogen and oxygen atoms in total. The van der Waals surface area contributed by atoms with Crippen molar-refractivity contribution < 1.29 is 14.3 Å². The van der Waals surface area contributed by atoms with Crippen molar-refractivity contribution in [3.05, 3.63) is 35.4 Å². The predicted molar refractivity (Wildman–Crippen MR) is 94.0 cm³/mol. The monoisotopic (exact) mass is 352 g/mol. The average molecular weight is 353 g/mol. The molecule has 0 radical (unpaired) electrons. The standard InChI is InChI=1S/C18H24N2O3.ClH/c1-23-18(22)12-4-2-11(3-5-12)8-9-20-17(21)15-13-6-7-14(10-13)16(15)19;/h2-5,13-16H,6-10,19H2,1H3,(H,20,21);1H. The highest BCUT2D eigenvalue weighted by atomic mass is 35.5. The molecule has 2 bridgehead atoms. The summed E-state index contributed by atoms with van der Waals surface area (Å²) in [7, 11) is 1.37. The van der Waals surface area contributed by atoms with Gasteiger partial charge in [0.25, 0.3) is 0 Å². The molecule has 1 amide bonds. The molecule has 0 saturated heterocycles. The van der Waals surface area contributed by atoms with Crippen molar-refractivity contribution >= 4 is 24.3 Å². The lowest BCUT2D eigenvalue weighted by atomic mass is 9.84. The molecular weight excluding hydrogens is 328 g/mol. The fourth-order valence-corrected chi connectivity index (χ4v) is 4.10. The number of benzene rings is 1. The second-order valence-electron chi connectivity index (χ2n) is 6.67. The maximum atomic E-state index is 12.4. The molecule has 132 valence electrons. The summed E-state index contributed by atoms with van der Waals surface area (Å²) in [5, 5.41) is 3.03. The van der Waals surface area contributed by atoms with Crippen LogP contribution >= 0.6 is 12.4 Å². The van der Waals surface area contributed by atoms with Crippen LogP contribution in [-0.4, -0.2) is 31.6 Å². The van der Waals surface area contributed by atoms with Gasteiger partial charge in [0, 0.05) is 12.6 Å². The van der Waals surface area contributed by atoms with E-state index in [9.17, 15) is 9.59 Å². The van der Waals surface area contributed by atoms with E-state index in [2.05, 4.69) is 10.1 Å². The normalized spacial score (nSPS) is 27.4. The van der Waals surface area contributed by atoms with Crippen molar-refractivity contribution in [1.29, 1.82) is 0 Å². The van der Waals surface area contributed by atoms with Crippen LogP contribution in [0.15, 0.2) is 24.3 Å². The van der Waals surface area contributed by atoms with E-state index in [0.717, 1.165) is 24.8 Å². The average Bonchev–Trinajstić information content (AvgIpc) is 3.15. The van der Waals surface area contributed by atoms with Gasteiger partial charge in [-0.25, -0.2) is 4.79 Å². The SMILES string of the molecule is COC(=O)c1ccc(CCNC(=O)C2C3CCC(C3)C2N)cc1.Cl. The van der Waals surface area contributed by atoms with Crippen LogP contribution in [0.2, 0.25) is 0 Å². The van der Waals surface area contributed by atoms with Gasteiger partial charge < -0.3 is 15.8 Å². The highest BCUT2D eigenvalue weighted by Crippen LogP contribution is 2.47. The molecule has 2 fully saturated rings. The quantitative estimate of drug-likeness (QED) is 0.793. The Bertz CT molecular complexity index is 588. The molecule has 2 aliphatic rings. The van der Waals surface area contributed by atoms with E-state index >= 15 is 0 Å². The van der Waals surface area contributed by atoms with Gasteiger partial charge in [0.2, 0.25) is 5.91 Å². The lowest BCUT2D eigenvalue weighted by molar-refractivity contribution is -0.127. The van der Waals surface area contributed by atoms with Crippen LogP contribution in [0.5, 0.6) is 0 Å². The third-order valence-electron chi connectivity index (χ3n) is 5.37. The first kappa shape index (κ1) is 18.7. The van der Waals surface area contributed by atoms with Crippen molar-refractivity contribution in [1.82, 2.24) is 5.32 Å². The molecule has 1 aromatic rings. The topological polar surface area (TPSA) is 81.4 Å². The minimum Gasteiger partial charge on any atom is -0.465 e. The summed E-state index contributed by atoms with van der Waals surface area (Å²) in [5.74, 6) is 0.789. The van der Waals surface area contributed by atoms with Crippen molar-refractivity contribution in [2.45, 2.75) is 31.7 Å². The van der Waals surface area contributed by atoms with Crippen LogP contribution < -0.4 is 11.1 Å². The number of amides is 1. The molecule has 0 aromatic heterocycles. The zero-order valence-electron chi connectivity index (χ0n) is 13.9. The van der Waals surface area contributed by atoms with Gasteiger partial charge in [0.15, 0.2) is 0 Å². The van der Waals surface area contributed by atoms with Crippen LogP contribution in [0, 0.1) is 17.8 Å². The predicted octanol–water partition coefficient (Wildman–Crippen LogP) is 1.93. The lowest BCUT2D eigenvalue weighted by Gasteiger charge is -2.27. The molecule has 3 N–H and O–H groups in total. The molecule has 1 aromatic carbocycles. The van der Waals surface area contributed by atoms with Crippen LogP contribution in [0.1, 0.15) is 35.2 Å². The number of hydrogen-bond donors (Lipinski definition) is 2. The summed E-state index contributed by atoms with van der Waals surface area (Å²) in [6.45, 7) is 0.594. The number of nitrogens with one attached hydrogen (secondary N) is 1. The Balaban J connectivity index is 0.00000208. The number of rotatable bonds is 5. The maximum Gasteiger partial charge on any atom is 0.337 e. The van der Waals surface area contributed by atoms with Crippen LogP contribution in [0.4, 0.5) is 0 Å². The van der Waals surface area contributed by atoms with Gasteiger partial charge in [0.05, 0.1) is 18.6 Å². The summed E-state index contributed by atoms with van der Waals surface area (Å²) in [6.07, 6.45) is 4.19. The third kappa shape index (κ3) is 3.73. The Morgan fingerprint density at radius 3 is 2.46 bits per heavy atom. The molecular formula is C18H25ClN2O3. The number of nitrogens with two attached hydrogens (primary N) is 1. The number of carbonyl (C=O) groups is 2. The summed E-state index contributed by atoms with van der Waals surface area (Å²) in [4.78, 5) is 23.7. The summed E-state index contributed by atoms with van der Waals surface area (Å²) in [5.41, 5.74) is 7.82. The Morgan fingerprint density at radius 1 is 1.21 bits per heavy atom.